The first-order valence-corrected chi connectivity index (χ1v) is 18.0. The number of pyridine rings is 1. The molecule has 0 bridgehead atoms. The summed E-state index contributed by atoms with van der Waals surface area (Å²) in [6.07, 6.45) is 1.80. The second-order valence-electron chi connectivity index (χ2n) is 13.1. The fourth-order valence-corrected chi connectivity index (χ4v) is 6.94. The molecule has 0 aliphatic heterocycles. The zero-order chi connectivity index (χ0) is 36.6. The molecule has 0 aliphatic carbocycles. The van der Waals surface area contributed by atoms with Crippen LogP contribution in [0, 0.1) is 0 Å². The molecule has 0 atom stereocenters. The van der Waals surface area contributed by atoms with Crippen LogP contribution in [0.5, 0.6) is 0 Å². The predicted molar refractivity (Wildman–Crippen MR) is 219 cm³/mol. The largest absolute Gasteiger partial charge is 0.455 e. The van der Waals surface area contributed by atoms with E-state index in [1.54, 1.807) is 6.20 Å². The maximum absolute atomic E-state index is 6.82. The SMILES string of the molecule is c1ccc(-c2cc(-c3ccnc(-c4cccc5c4oc4c(-c6nc(-c7ccccc7)nc(-c7ccccc7)n6)cccc45)n3)cc(-c3ccccc3)n2)cc1. The average molecular weight is 707 g/mol. The van der Waals surface area contributed by atoms with E-state index in [-0.39, 0.29) is 0 Å². The first-order chi connectivity index (χ1) is 27.2. The summed E-state index contributed by atoms with van der Waals surface area (Å²) in [6.45, 7) is 0. The highest BCUT2D eigenvalue weighted by Crippen LogP contribution is 2.39. The van der Waals surface area contributed by atoms with Gasteiger partial charge in [0.2, 0.25) is 0 Å². The molecule has 258 valence electrons. The molecule has 0 fully saturated rings. The van der Waals surface area contributed by atoms with Gasteiger partial charge in [-0.3, -0.25) is 0 Å². The molecule has 4 heterocycles. The minimum atomic E-state index is 0.526. The van der Waals surface area contributed by atoms with Crippen LogP contribution in [0.1, 0.15) is 0 Å². The zero-order valence-electron chi connectivity index (χ0n) is 29.4. The summed E-state index contributed by atoms with van der Waals surface area (Å²) in [5.41, 5.74) is 10.2. The van der Waals surface area contributed by atoms with Crippen molar-refractivity contribution in [3.8, 4) is 79.3 Å². The van der Waals surface area contributed by atoms with Crippen molar-refractivity contribution >= 4 is 21.9 Å². The molecule has 0 aliphatic rings. The molecular weight excluding hydrogens is 677 g/mol. The van der Waals surface area contributed by atoms with Crippen LogP contribution in [0.3, 0.4) is 0 Å². The van der Waals surface area contributed by atoms with Crippen LogP contribution >= 0.6 is 0 Å². The molecule has 10 rings (SSSR count). The maximum atomic E-state index is 6.82. The van der Waals surface area contributed by atoms with E-state index >= 15 is 0 Å². The smallest absolute Gasteiger partial charge is 0.167 e. The summed E-state index contributed by atoms with van der Waals surface area (Å²) in [4.78, 5) is 29.8. The van der Waals surface area contributed by atoms with Crippen LogP contribution in [-0.2, 0) is 0 Å². The van der Waals surface area contributed by atoms with E-state index in [9.17, 15) is 0 Å². The first kappa shape index (κ1) is 32.0. The topological polar surface area (TPSA) is 90.5 Å². The molecule has 0 saturated carbocycles. The summed E-state index contributed by atoms with van der Waals surface area (Å²) in [6, 6.07) is 58.6. The van der Waals surface area contributed by atoms with Gasteiger partial charge in [-0.1, -0.05) is 146 Å². The van der Waals surface area contributed by atoms with Crippen LogP contribution < -0.4 is 0 Å². The van der Waals surface area contributed by atoms with Gasteiger partial charge in [-0.05, 0) is 30.3 Å². The molecule has 7 heteroatoms. The van der Waals surface area contributed by atoms with Gasteiger partial charge in [-0.15, -0.1) is 0 Å². The lowest BCUT2D eigenvalue weighted by atomic mass is 10.0. The van der Waals surface area contributed by atoms with E-state index < -0.39 is 0 Å². The molecule has 0 spiro atoms. The predicted octanol–water partition coefficient (Wildman–Crippen LogP) is 11.6. The number of para-hydroxylation sites is 2. The van der Waals surface area contributed by atoms with Crippen LogP contribution in [-0.4, -0.2) is 29.9 Å². The van der Waals surface area contributed by atoms with Gasteiger partial charge in [-0.25, -0.2) is 29.9 Å². The monoisotopic (exact) mass is 706 g/mol. The Bertz CT molecular complexity index is 2850. The van der Waals surface area contributed by atoms with Gasteiger partial charge in [0, 0.05) is 44.8 Å². The van der Waals surface area contributed by atoms with Crippen molar-refractivity contribution in [2.45, 2.75) is 0 Å². The van der Waals surface area contributed by atoms with Crippen molar-refractivity contribution in [1.29, 1.82) is 0 Å². The Morgan fingerprint density at radius 3 is 1.27 bits per heavy atom. The number of aromatic nitrogens is 6. The molecule has 0 radical (unpaired) electrons. The Kier molecular flexibility index (Phi) is 8.00. The van der Waals surface area contributed by atoms with Gasteiger partial charge >= 0.3 is 0 Å². The molecule has 6 aromatic carbocycles. The fourth-order valence-electron chi connectivity index (χ4n) is 6.94. The third-order valence-electron chi connectivity index (χ3n) is 9.62. The molecule has 7 nitrogen and oxygen atoms in total. The number of nitrogens with zero attached hydrogens (tertiary/aromatic N) is 6. The average Bonchev–Trinajstić information content (AvgIpc) is 3.67. The van der Waals surface area contributed by atoms with E-state index in [2.05, 4.69) is 48.5 Å². The Morgan fingerprint density at radius 2 is 0.764 bits per heavy atom. The number of furan rings is 1. The molecule has 55 heavy (non-hydrogen) atoms. The normalized spacial score (nSPS) is 11.3. The van der Waals surface area contributed by atoms with Crippen molar-refractivity contribution < 1.29 is 4.42 Å². The van der Waals surface area contributed by atoms with Crippen molar-refractivity contribution in [3.05, 3.63) is 182 Å². The molecular formula is C48H30N6O. The van der Waals surface area contributed by atoms with Crippen molar-refractivity contribution in [1.82, 2.24) is 29.9 Å². The van der Waals surface area contributed by atoms with Crippen LogP contribution in [0.25, 0.3) is 101 Å². The van der Waals surface area contributed by atoms with Gasteiger partial charge in [0.1, 0.15) is 11.2 Å². The molecule has 0 saturated heterocycles. The van der Waals surface area contributed by atoms with E-state index in [1.807, 2.05) is 127 Å². The standard InChI is InChI=1S/C48H30N6O/c1-5-15-31(16-6-1)41-29-35(30-42(50-41)32-17-7-2-8-18-32)40-27-28-49-47(51-40)38-25-13-23-36-37-24-14-26-39(44(37)55-43(36)38)48-53-45(33-19-9-3-10-20-33)52-46(54-48)34-21-11-4-12-22-34/h1-30H. The molecule has 0 N–H and O–H groups in total. The molecule has 10 aromatic rings. The minimum Gasteiger partial charge on any atom is -0.455 e. The quantitative estimate of drug-likeness (QED) is 0.163. The van der Waals surface area contributed by atoms with Crippen molar-refractivity contribution in [2.75, 3.05) is 0 Å². The summed E-state index contributed by atoms with van der Waals surface area (Å²) >= 11 is 0. The summed E-state index contributed by atoms with van der Waals surface area (Å²) in [5.74, 6) is 2.26. The number of benzene rings is 6. The summed E-state index contributed by atoms with van der Waals surface area (Å²) in [5, 5.41) is 1.90. The zero-order valence-corrected chi connectivity index (χ0v) is 29.4. The minimum absolute atomic E-state index is 0.526. The van der Waals surface area contributed by atoms with E-state index in [1.165, 1.54) is 0 Å². The summed E-state index contributed by atoms with van der Waals surface area (Å²) < 4.78 is 6.82. The van der Waals surface area contributed by atoms with Gasteiger partial charge in [0.15, 0.2) is 23.3 Å². The lowest BCUT2D eigenvalue weighted by molar-refractivity contribution is 0.670. The van der Waals surface area contributed by atoms with E-state index in [0.29, 0.717) is 34.5 Å². The third kappa shape index (κ3) is 6.09. The van der Waals surface area contributed by atoms with Crippen LogP contribution in [0.4, 0.5) is 0 Å². The second-order valence-corrected chi connectivity index (χ2v) is 13.1. The van der Waals surface area contributed by atoms with Gasteiger partial charge in [0.05, 0.1) is 28.2 Å². The van der Waals surface area contributed by atoms with Gasteiger partial charge in [0.25, 0.3) is 0 Å². The van der Waals surface area contributed by atoms with E-state index in [0.717, 1.165) is 66.8 Å². The van der Waals surface area contributed by atoms with Crippen LogP contribution in [0.2, 0.25) is 0 Å². The lowest BCUT2D eigenvalue weighted by Crippen LogP contribution is -2.00. The fraction of sp³-hybridized carbons (Fsp3) is 0. The molecule has 0 unspecified atom stereocenters. The third-order valence-corrected chi connectivity index (χ3v) is 9.62. The number of rotatable bonds is 7. The number of hydrogen-bond donors (Lipinski definition) is 0. The highest BCUT2D eigenvalue weighted by molar-refractivity contribution is 6.12. The van der Waals surface area contributed by atoms with Crippen molar-refractivity contribution in [3.63, 3.8) is 0 Å². The number of hydrogen-bond acceptors (Lipinski definition) is 7. The summed E-state index contributed by atoms with van der Waals surface area (Å²) in [7, 11) is 0. The van der Waals surface area contributed by atoms with Gasteiger partial charge in [-0.2, -0.15) is 0 Å². The Labute approximate surface area is 316 Å². The van der Waals surface area contributed by atoms with Crippen LogP contribution in [0.15, 0.2) is 187 Å². The first-order valence-electron chi connectivity index (χ1n) is 18.0. The van der Waals surface area contributed by atoms with E-state index in [4.69, 9.17) is 34.3 Å². The lowest BCUT2D eigenvalue weighted by Gasteiger charge is -2.10. The Hall–Kier alpha value is -7.64. The second kappa shape index (κ2) is 13.7. The molecule has 0 amide bonds. The Morgan fingerprint density at radius 1 is 0.309 bits per heavy atom. The van der Waals surface area contributed by atoms with Crippen molar-refractivity contribution in [2.24, 2.45) is 0 Å². The Balaban J connectivity index is 1.11. The highest BCUT2D eigenvalue weighted by atomic mass is 16.3. The van der Waals surface area contributed by atoms with Gasteiger partial charge < -0.3 is 4.42 Å². The maximum Gasteiger partial charge on any atom is 0.167 e. The molecule has 4 aromatic heterocycles. The number of fused-ring (bicyclic) bond motifs is 3. The highest BCUT2D eigenvalue weighted by Gasteiger charge is 2.20.